The zero-order valence-corrected chi connectivity index (χ0v) is 49.7. The molecule has 0 spiro atoms. The summed E-state index contributed by atoms with van der Waals surface area (Å²) in [6.07, 6.45) is 4.90. The average Bonchev–Trinajstić information content (AvgIpc) is 4.28. The number of ether oxygens (including phenoxy) is 10. The normalized spacial score (nSPS) is 21.1. The van der Waals surface area contributed by atoms with Gasteiger partial charge in [-0.1, -0.05) is 67.1 Å². The molecule has 23 heteroatoms. The number of unbranched alkanes of at least 4 members (excludes halogenated alkanes) is 6. The van der Waals surface area contributed by atoms with Gasteiger partial charge in [0.05, 0.1) is 48.7 Å². The largest absolute Gasteiger partial charge is 0.508 e. The van der Waals surface area contributed by atoms with E-state index in [4.69, 9.17) is 59.0 Å². The lowest BCUT2D eigenvalue weighted by atomic mass is 10.1. The van der Waals surface area contributed by atoms with Crippen molar-refractivity contribution in [3.05, 3.63) is 119 Å². The second-order valence-corrected chi connectivity index (χ2v) is 21.7. The van der Waals surface area contributed by atoms with Gasteiger partial charge in [0.15, 0.2) is 24.4 Å². The molecule has 2 N–H and O–H groups in total. The van der Waals surface area contributed by atoms with Crippen molar-refractivity contribution in [2.24, 2.45) is 0 Å². The monoisotopic (exact) mass is 1340 g/mol. The molecule has 0 radical (unpaired) electrons. The predicted molar refractivity (Wildman–Crippen MR) is 304 cm³/mol. The van der Waals surface area contributed by atoms with E-state index >= 15 is 0 Å². The smallest absolute Gasteiger partial charge is 0.338 e. The molecule has 0 amide bonds. The summed E-state index contributed by atoms with van der Waals surface area (Å²) in [6.45, 7) is 0.449. The summed E-state index contributed by atoms with van der Waals surface area (Å²) in [5.74, 6) is -2.07. The van der Waals surface area contributed by atoms with Crippen LogP contribution in [0.15, 0.2) is 97.1 Å². The van der Waals surface area contributed by atoms with E-state index < -0.39 is 72.7 Å². The van der Waals surface area contributed by atoms with Gasteiger partial charge in [-0.25, -0.2) is 19.2 Å². The third kappa shape index (κ3) is 21.0. The van der Waals surface area contributed by atoms with Crippen molar-refractivity contribution in [2.45, 2.75) is 126 Å². The van der Waals surface area contributed by atoms with Crippen molar-refractivity contribution in [1.29, 1.82) is 0 Å². The van der Waals surface area contributed by atoms with Gasteiger partial charge < -0.3 is 57.6 Å². The number of esters is 6. The minimum Gasteiger partial charge on any atom is -0.508 e. The molecule has 8 atom stereocenters. The maximum atomic E-state index is 12.8. The van der Waals surface area contributed by atoms with Gasteiger partial charge in [0.1, 0.15) is 47.4 Å². The van der Waals surface area contributed by atoms with Gasteiger partial charge in [0.25, 0.3) is 0 Å². The Kier molecular flexibility index (Phi) is 27.3. The molecule has 8 rings (SSSR count). The molecular weight excluding hydrogens is 1280 g/mol. The van der Waals surface area contributed by atoms with Crippen LogP contribution in [0.1, 0.15) is 118 Å². The number of halogens is 4. The quantitative estimate of drug-likeness (QED) is 0.0156. The minimum atomic E-state index is -0.679. The summed E-state index contributed by atoms with van der Waals surface area (Å²) < 4.78 is 55.8. The second kappa shape index (κ2) is 34.2. The third-order valence-electron chi connectivity index (χ3n) is 12.8. The maximum Gasteiger partial charge on any atom is 0.338 e. The Balaban J connectivity index is 0.000000242. The Bertz CT molecular complexity index is 2490. The van der Waals surface area contributed by atoms with Crippen LogP contribution in [0, 0.1) is 0 Å². The van der Waals surface area contributed by atoms with E-state index in [-0.39, 0.29) is 66.2 Å². The highest BCUT2D eigenvalue weighted by Crippen LogP contribution is 2.34. The maximum absolute atomic E-state index is 12.8. The molecule has 4 fully saturated rings. The molecule has 0 unspecified atom stereocenters. The third-order valence-corrected chi connectivity index (χ3v) is 14.7. The lowest BCUT2D eigenvalue weighted by Gasteiger charge is -2.17. The highest BCUT2D eigenvalue weighted by atomic mass is 79.9. The standard InChI is InChI=1S/C32H36Br2O10.C20H18O8.C6H10BrClO/c33-17-5-1-3-7-27(35)41-23-13-9-21(10-14-23)31(37)43-25-19-39-30-26(20-40-29(25)30)44-32(38)22-11-15-24(16-12-22)42-28(36)8-4-2-6-18-34;21-13-5-1-11(2-6-13)19(23)27-15-9-25-18-16(10-26-17(15)18)28-20(24)12-3-7-14(22)8-4-12;7-5-3-1-2-4-6(8)9/h9-16,25-26,29-30H,1-8,17-20H2;1-8,15-18,21-22H,9-10H2;1-5H2/t25-,26-,29-,30-;15-,16-,17-,18-;/m11./s1. The number of fused-ring (bicyclic) bond motifs is 2. The van der Waals surface area contributed by atoms with Crippen molar-refractivity contribution in [3.63, 3.8) is 0 Å². The van der Waals surface area contributed by atoms with Crippen LogP contribution in [0.5, 0.6) is 23.0 Å². The average molecular weight is 1340 g/mol. The Labute approximate surface area is 499 Å². The number of aromatic hydroxyl groups is 2. The number of alkyl halides is 3. The van der Waals surface area contributed by atoms with E-state index in [2.05, 4.69) is 47.8 Å². The second-order valence-electron chi connectivity index (χ2n) is 18.9. The number of phenols is 2. The molecule has 81 heavy (non-hydrogen) atoms. The van der Waals surface area contributed by atoms with Gasteiger partial charge in [0, 0.05) is 35.3 Å². The Morgan fingerprint density at radius 1 is 0.395 bits per heavy atom. The summed E-state index contributed by atoms with van der Waals surface area (Å²) in [5, 5.41) is 21.2. The van der Waals surface area contributed by atoms with Crippen LogP contribution >= 0.6 is 59.4 Å². The van der Waals surface area contributed by atoms with Crippen LogP contribution < -0.4 is 9.47 Å². The summed E-state index contributed by atoms with van der Waals surface area (Å²) >= 11 is 15.1. The number of carbonyl (C=O) groups excluding carboxylic acids is 7. The fraction of sp³-hybridized carbons (Fsp3) is 0.466. The van der Waals surface area contributed by atoms with E-state index in [1.807, 2.05) is 0 Å². The van der Waals surface area contributed by atoms with Crippen molar-refractivity contribution >= 4 is 100 Å². The minimum absolute atomic E-state index is 0.0539. The van der Waals surface area contributed by atoms with E-state index in [1.165, 1.54) is 72.8 Å². The fourth-order valence-corrected chi connectivity index (χ4v) is 9.90. The van der Waals surface area contributed by atoms with Gasteiger partial charge in [0.2, 0.25) is 5.24 Å². The zero-order chi connectivity index (χ0) is 58.1. The van der Waals surface area contributed by atoms with Crippen LogP contribution in [-0.4, -0.2) is 143 Å². The van der Waals surface area contributed by atoms with Crippen molar-refractivity contribution in [1.82, 2.24) is 0 Å². The summed E-state index contributed by atoms with van der Waals surface area (Å²) in [7, 11) is 0. The first kappa shape index (κ1) is 64.7. The summed E-state index contributed by atoms with van der Waals surface area (Å²) in [4.78, 5) is 84.2. The molecule has 4 aliphatic heterocycles. The van der Waals surface area contributed by atoms with Gasteiger partial charge in [-0.3, -0.25) is 14.4 Å². The predicted octanol–water partition coefficient (Wildman–Crippen LogP) is 10.3. The molecule has 4 aromatic rings. The zero-order valence-electron chi connectivity index (χ0n) is 44.1. The van der Waals surface area contributed by atoms with Crippen LogP contribution in [0.2, 0.25) is 0 Å². The Morgan fingerprint density at radius 3 is 0.914 bits per heavy atom. The number of benzene rings is 4. The van der Waals surface area contributed by atoms with E-state index in [0.717, 1.165) is 73.8 Å². The number of carbonyl (C=O) groups is 7. The SMILES string of the molecule is O=C(CCCCCBr)Oc1ccc(C(=O)O[C@@H]2CO[C@H]3[C@@H]2OC[C@H]3OC(=O)c2ccc(OC(=O)CCCCCBr)cc2)cc1.O=C(Cl)CCCCCBr.O=C(O[C@@H]1CO[C@H]2[C@@H]1OC[C@H]2OC(=O)c1ccc(O)cc1)c1ccc(O)cc1. The molecule has 0 saturated carbocycles. The van der Waals surface area contributed by atoms with E-state index in [0.29, 0.717) is 41.9 Å². The lowest BCUT2D eigenvalue weighted by Crippen LogP contribution is -2.36. The molecule has 0 aliphatic carbocycles. The molecule has 4 heterocycles. The molecule has 0 aromatic heterocycles. The molecule has 438 valence electrons. The highest BCUT2D eigenvalue weighted by molar-refractivity contribution is 9.09. The molecule has 4 aromatic carbocycles. The molecule has 0 bridgehead atoms. The van der Waals surface area contributed by atoms with E-state index in [9.17, 15) is 43.8 Å². The molecule has 4 saturated heterocycles. The van der Waals surface area contributed by atoms with Crippen molar-refractivity contribution in [2.75, 3.05) is 42.4 Å². The highest BCUT2D eigenvalue weighted by Gasteiger charge is 2.52. The lowest BCUT2D eigenvalue weighted by molar-refractivity contribution is -0.135. The number of hydrogen-bond acceptors (Lipinski definition) is 19. The van der Waals surface area contributed by atoms with Crippen LogP contribution in [-0.2, 0) is 52.3 Å². The number of rotatable bonds is 25. The van der Waals surface area contributed by atoms with Gasteiger partial charge in [-0.05, 0) is 147 Å². The fourth-order valence-electron chi connectivity index (χ4n) is 8.58. The number of phenolic OH excluding ortho intramolecular Hbond substituents is 2. The molecule has 4 aliphatic rings. The first-order chi connectivity index (χ1) is 39.1. The van der Waals surface area contributed by atoms with Crippen LogP contribution in [0.4, 0.5) is 0 Å². The van der Waals surface area contributed by atoms with Crippen LogP contribution in [0.3, 0.4) is 0 Å². The van der Waals surface area contributed by atoms with Gasteiger partial charge >= 0.3 is 35.8 Å². The van der Waals surface area contributed by atoms with Crippen molar-refractivity contribution in [3.8, 4) is 23.0 Å². The van der Waals surface area contributed by atoms with Crippen LogP contribution in [0.25, 0.3) is 0 Å². The first-order valence-corrected chi connectivity index (χ1v) is 30.3. The Morgan fingerprint density at radius 2 is 0.654 bits per heavy atom. The molecular formula is C58H64Br3ClO19. The first-order valence-electron chi connectivity index (χ1n) is 26.5. The topological polar surface area (TPSA) is 252 Å². The van der Waals surface area contributed by atoms with E-state index in [1.54, 1.807) is 24.3 Å². The molecule has 19 nitrogen and oxygen atoms in total. The summed E-state index contributed by atoms with van der Waals surface area (Å²) in [5.41, 5.74) is 1.18. The van der Waals surface area contributed by atoms with Gasteiger partial charge in [-0.15, -0.1) is 0 Å². The number of hydrogen-bond donors (Lipinski definition) is 2. The Hall–Kier alpha value is -5.46. The van der Waals surface area contributed by atoms with Gasteiger partial charge in [-0.2, -0.15) is 0 Å². The summed E-state index contributed by atoms with van der Waals surface area (Å²) in [6, 6.07) is 23.7. The van der Waals surface area contributed by atoms with Crippen molar-refractivity contribution < 1.29 is 91.1 Å².